The average Bonchev–Trinajstić information content (AvgIpc) is 2.17. The van der Waals surface area contributed by atoms with Gasteiger partial charge in [-0.2, -0.15) is 0 Å². The number of carboxylic acid groups (broad SMARTS) is 1. The summed E-state index contributed by atoms with van der Waals surface area (Å²) in [6.45, 7) is 0. The van der Waals surface area contributed by atoms with Crippen molar-refractivity contribution in [1.82, 2.24) is 4.98 Å². The Bertz CT molecular complexity index is 452. The van der Waals surface area contributed by atoms with Crippen LogP contribution in [0.25, 0.3) is 0 Å². The first-order valence-electron chi connectivity index (χ1n) is 3.99. The Morgan fingerprint density at radius 1 is 1.59 bits per heavy atom. The fourth-order valence-corrected chi connectivity index (χ4v) is 2.52. The van der Waals surface area contributed by atoms with Crippen molar-refractivity contribution in [2.75, 3.05) is 0 Å². The van der Waals surface area contributed by atoms with Crippen LogP contribution in [0.5, 0.6) is 5.88 Å². The van der Waals surface area contributed by atoms with E-state index in [4.69, 9.17) is 5.11 Å². The lowest BCUT2D eigenvalue weighted by Crippen LogP contribution is -2.20. The fourth-order valence-electron chi connectivity index (χ4n) is 0.942. The molecule has 1 aromatic rings. The summed E-state index contributed by atoms with van der Waals surface area (Å²) in [5, 5.41) is 8.94. The van der Waals surface area contributed by atoms with E-state index in [2.05, 4.69) is 25.7 Å². The molecule has 94 valence electrons. The molecule has 0 aliphatic heterocycles. The van der Waals surface area contributed by atoms with Crippen LogP contribution in [0.15, 0.2) is 6.07 Å². The van der Waals surface area contributed by atoms with Gasteiger partial charge in [-0.15, -0.1) is 13.2 Å². The number of hydrogen-bond donors (Lipinski definition) is 1. The number of alkyl halides is 4. The van der Waals surface area contributed by atoms with Crippen LogP contribution >= 0.6 is 38.5 Å². The first kappa shape index (κ1) is 14.5. The molecule has 0 radical (unpaired) electrons. The van der Waals surface area contributed by atoms with Crippen molar-refractivity contribution in [3.05, 3.63) is 20.9 Å². The van der Waals surface area contributed by atoms with Crippen molar-refractivity contribution in [1.29, 1.82) is 0 Å². The Morgan fingerprint density at radius 3 is 2.59 bits per heavy atom. The highest BCUT2D eigenvalue weighted by atomic mass is 127. The van der Waals surface area contributed by atoms with Crippen LogP contribution < -0.4 is 4.74 Å². The third kappa shape index (κ3) is 3.98. The van der Waals surface area contributed by atoms with Crippen LogP contribution in [0.1, 0.15) is 16.1 Å². The first-order valence-corrected chi connectivity index (χ1v) is 6.19. The highest BCUT2D eigenvalue weighted by Gasteiger charge is 2.34. The van der Waals surface area contributed by atoms with Gasteiger partial charge in [0.2, 0.25) is 5.88 Å². The number of pyridine rings is 1. The Hall–Kier alpha value is -0.580. The smallest absolute Gasteiger partial charge is 0.477 e. The number of aromatic nitrogens is 1. The molecule has 1 rings (SSSR count). The summed E-state index contributed by atoms with van der Waals surface area (Å²) in [6.07, 6.45) is -4.98. The third-order valence-corrected chi connectivity index (χ3v) is 3.05. The summed E-state index contributed by atoms with van der Waals surface area (Å²) < 4.78 is 40.2. The van der Waals surface area contributed by atoms with Crippen molar-refractivity contribution in [2.24, 2.45) is 0 Å². The minimum absolute atomic E-state index is 0.194. The van der Waals surface area contributed by atoms with E-state index in [0.717, 1.165) is 6.07 Å². The SMILES string of the molecule is O=C(O)c1cc(I)c(CBr)nc1OC(F)(F)F. The second-order valence-electron chi connectivity index (χ2n) is 2.76. The van der Waals surface area contributed by atoms with Gasteiger partial charge in [-0.05, 0) is 28.7 Å². The molecule has 0 spiro atoms. The number of carbonyl (C=O) groups is 1. The van der Waals surface area contributed by atoms with Crippen molar-refractivity contribution in [3.63, 3.8) is 0 Å². The zero-order valence-electron chi connectivity index (χ0n) is 7.89. The van der Waals surface area contributed by atoms with Gasteiger partial charge < -0.3 is 9.84 Å². The highest BCUT2D eigenvalue weighted by Crippen LogP contribution is 2.27. The summed E-state index contributed by atoms with van der Waals surface area (Å²) in [6, 6.07) is 1.08. The molecular weight excluding hydrogens is 422 g/mol. The minimum atomic E-state index is -4.98. The van der Waals surface area contributed by atoms with Gasteiger partial charge in [0.05, 0.1) is 5.69 Å². The maximum Gasteiger partial charge on any atom is 0.574 e. The van der Waals surface area contributed by atoms with E-state index < -0.39 is 23.8 Å². The van der Waals surface area contributed by atoms with Gasteiger partial charge in [-0.3, -0.25) is 0 Å². The van der Waals surface area contributed by atoms with Crippen LogP contribution in [0.3, 0.4) is 0 Å². The first-order chi connectivity index (χ1) is 7.74. The van der Waals surface area contributed by atoms with Crippen LogP contribution in [-0.2, 0) is 5.33 Å². The molecule has 1 heterocycles. The molecule has 0 aliphatic carbocycles. The quantitative estimate of drug-likeness (QED) is 0.597. The lowest BCUT2D eigenvalue weighted by molar-refractivity contribution is -0.276. The van der Waals surface area contributed by atoms with Crippen molar-refractivity contribution >= 4 is 44.5 Å². The molecule has 0 saturated heterocycles. The largest absolute Gasteiger partial charge is 0.574 e. The molecule has 17 heavy (non-hydrogen) atoms. The Kier molecular flexibility index (Phi) is 4.58. The van der Waals surface area contributed by atoms with Crippen LogP contribution in [-0.4, -0.2) is 22.4 Å². The predicted octanol–water partition coefficient (Wildman–Crippen LogP) is 3.18. The normalized spacial score (nSPS) is 11.4. The third-order valence-electron chi connectivity index (χ3n) is 1.58. The molecule has 0 unspecified atom stereocenters. The summed E-state index contributed by atoms with van der Waals surface area (Å²) in [7, 11) is 0. The molecule has 0 amide bonds. The number of nitrogens with zero attached hydrogens (tertiary/aromatic N) is 1. The lowest BCUT2D eigenvalue weighted by Gasteiger charge is -2.12. The number of halogens is 5. The molecule has 1 aromatic heterocycles. The van der Waals surface area contributed by atoms with E-state index in [0.29, 0.717) is 3.57 Å². The standard InChI is InChI=1S/C8H4BrF3INO3/c9-2-5-4(13)1-3(7(15)16)6(14-5)17-8(10,11)12/h1H,2H2,(H,15,16). The van der Waals surface area contributed by atoms with E-state index in [1.807, 2.05) is 0 Å². The number of rotatable bonds is 3. The van der Waals surface area contributed by atoms with Crippen LogP contribution in [0, 0.1) is 3.57 Å². The Labute approximate surface area is 115 Å². The zero-order chi connectivity index (χ0) is 13.2. The molecule has 0 fully saturated rings. The van der Waals surface area contributed by atoms with Crippen molar-refractivity contribution < 1.29 is 27.8 Å². The molecule has 1 N–H and O–H groups in total. The Morgan fingerprint density at radius 2 is 2.18 bits per heavy atom. The highest BCUT2D eigenvalue weighted by molar-refractivity contribution is 14.1. The number of hydrogen-bond acceptors (Lipinski definition) is 3. The van der Waals surface area contributed by atoms with Gasteiger partial charge in [-0.25, -0.2) is 9.78 Å². The summed E-state index contributed by atoms with van der Waals surface area (Å²) >= 11 is 4.81. The number of aromatic carboxylic acids is 1. The zero-order valence-corrected chi connectivity index (χ0v) is 11.6. The van der Waals surface area contributed by atoms with E-state index in [9.17, 15) is 18.0 Å². The lowest BCUT2D eigenvalue weighted by atomic mass is 10.2. The van der Waals surface area contributed by atoms with Gasteiger partial charge in [0.25, 0.3) is 0 Å². The molecule has 0 atom stereocenters. The molecule has 0 saturated carbocycles. The van der Waals surface area contributed by atoms with E-state index in [1.165, 1.54) is 0 Å². The number of ether oxygens (including phenoxy) is 1. The monoisotopic (exact) mass is 425 g/mol. The second-order valence-corrected chi connectivity index (χ2v) is 4.48. The Balaban J connectivity index is 3.29. The molecule has 0 aliphatic rings. The van der Waals surface area contributed by atoms with Crippen molar-refractivity contribution in [2.45, 2.75) is 11.7 Å². The predicted molar refractivity (Wildman–Crippen MR) is 63.2 cm³/mol. The maximum absolute atomic E-state index is 12.1. The van der Waals surface area contributed by atoms with Crippen LogP contribution in [0.2, 0.25) is 0 Å². The average molecular weight is 426 g/mol. The molecule has 0 bridgehead atoms. The molecule has 4 nitrogen and oxygen atoms in total. The van der Waals surface area contributed by atoms with Crippen LogP contribution in [0.4, 0.5) is 13.2 Å². The summed E-state index contributed by atoms with van der Waals surface area (Å²) in [5.41, 5.74) is -0.355. The molecular formula is C8H4BrF3INO3. The van der Waals surface area contributed by atoms with Gasteiger partial charge in [0, 0.05) is 8.90 Å². The van der Waals surface area contributed by atoms with Gasteiger partial charge >= 0.3 is 12.3 Å². The minimum Gasteiger partial charge on any atom is -0.477 e. The number of carboxylic acids is 1. The summed E-state index contributed by atoms with van der Waals surface area (Å²) in [5.74, 6) is -2.49. The molecule has 9 heteroatoms. The van der Waals surface area contributed by atoms with E-state index in [-0.39, 0.29) is 11.0 Å². The molecule has 0 aromatic carbocycles. The van der Waals surface area contributed by atoms with E-state index in [1.54, 1.807) is 22.6 Å². The fraction of sp³-hybridized carbons (Fsp3) is 0.250. The second kappa shape index (κ2) is 5.38. The van der Waals surface area contributed by atoms with Gasteiger partial charge in [0.1, 0.15) is 5.56 Å². The van der Waals surface area contributed by atoms with Gasteiger partial charge in [-0.1, -0.05) is 15.9 Å². The maximum atomic E-state index is 12.1. The topological polar surface area (TPSA) is 59.4 Å². The van der Waals surface area contributed by atoms with Gasteiger partial charge in [0.15, 0.2) is 0 Å². The van der Waals surface area contributed by atoms with E-state index >= 15 is 0 Å². The summed E-state index contributed by atoms with van der Waals surface area (Å²) in [4.78, 5) is 14.3. The van der Waals surface area contributed by atoms with Crippen molar-refractivity contribution in [3.8, 4) is 5.88 Å².